The Kier molecular flexibility index (Phi) is 5.07. The fourth-order valence-corrected chi connectivity index (χ4v) is 3.37. The summed E-state index contributed by atoms with van der Waals surface area (Å²) in [5.74, 6) is 0. The first-order chi connectivity index (χ1) is 9.79. The highest BCUT2D eigenvalue weighted by Gasteiger charge is 2.31. The van der Waals surface area contributed by atoms with Crippen LogP contribution < -0.4 is 5.73 Å². The zero-order valence-corrected chi connectivity index (χ0v) is 14.3. The summed E-state index contributed by atoms with van der Waals surface area (Å²) in [6.07, 6.45) is 0. The molecule has 2 atom stereocenters. The Labute approximate surface area is 130 Å². The molecule has 2 unspecified atom stereocenters. The van der Waals surface area contributed by atoms with E-state index in [0.717, 1.165) is 26.2 Å². The lowest BCUT2D eigenvalue weighted by Crippen LogP contribution is -2.55. The van der Waals surface area contributed by atoms with Crippen LogP contribution in [0, 0.1) is 6.92 Å². The van der Waals surface area contributed by atoms with Gasteiger partial charge >= 0.3 is 0 Å². The summed E-state index contributed by atoms with van der Waals surface area (Å²) >= 11 is 0. The third-order valence-electron chi connectivity index (χ3n) is 4.54. The average molecular weight is 289 g/mol. The van der Waals surface area contributed by atoms with Crippen LogP contribution in [-0.4, -0.2) is 47.6 Å². The molecule has 1 saturated heterocycles. The zero-order valence-electron chi connectivity index (χ0n) is 14.3. The summed E-state index contributed by atoms with van der Waals surface area (Å²) in [5, 5.41) is 0. The summed E-state index contributed by atoms with van der Waals surface area (Å²) in [6.45, 7) is 15.6. The van der Waals surface area contributed by atoms with Crippen molar-refractivity contribution in [3.05, 3.63) is 35.4 Å². The minimum Gasteiger partial charge on any atom is -0.326 e. The fourth-order valence-electron chi connectivity index (χ4n) is 3.37. The first-order valence-corrected chi connectivity index (χ1v) is 8.10. The van der Waals surface area contributed by atoms with E-state index in [1.807, 2.05) is 0 Å². The van der Waals surface area contributed by atoms with E-state index in [0.29, 0.717) is 6.04 Å². The number of nitrogens with zero attached hydrogens (tertiary/aromatic N) is 2. The maximum absolute atomic E-state index is 6.31. The van der Waals surface area contributed by atoms with Crippen LogP contribution in [0.2, 0.25) is 0 Å². The largest absolute Gasteiger partial charge is 0.326 e. The number of benzene rings is 1. The molecule has 0 aliphatic carbocycles. The van der Waals surface area contributed by atoms with Crippen molar-refractivity contribution in [3.63, 3.8) is 0 Å². The van der Waals surface area contributed by atoms with Gasteiger partial charge in [0.1, 0.15) is 0 Å². The number of nitrogens with two attached hydrogens (primary N) is 1. The van der Waals surface area contributed by atoms with Gasteiger partial charge in [-0.25, -0.2) is 0 Å². The van der Waals surface area contributed by atoms with Crippen LogP contribution in [0.15, 0.2) is 24.3 Å². The van der Waals surface area contributed by atoms with Crippen LogP contribution in [0.1, 0.15) is 44.9 Å². The predicted molar refractivity (Wildman–Crippen MR) is 90.5 cm³/mol. The number of hydrogen-bond donors (Lipinski definition) is 1. The van der Waals surface area contributed by atoms with Crippen molar-refractivity contribution in [1.82, 2.24) is 9.80 Å². The third-order valence-corrected chi connectivity index (χ3v) is 4.54. The molecule has 21 heavy (non-hydrogen) atoms. The van der Waals surface area contributed by atoms with E-state index in [4.69, 9.17) is 5.73 Å². The SMILES string of the molecule is Cc1cccc(C(C(C)N)N2CCN(C(C)(C)C)CC2)c1. The number of aryl methyl sites for hydroxylation is 1. The summed E-state index contributed by atoms with van der Waals surface area (Å²) in [7, 11) is 0. The Hall–Kier alpha value is -0.900. The van der Waals surface area contributed by atoms with Gasteiger partial charge in [-0.05, 0) is 40.2 Å². The molecule has 118 valence electrons. The van der Waals surface area contributed by atoms with E-state index in [2.05, 4.69) is 68.7 Å². The van der Waals surface area contributed by atoms with Crippen LogP contribution in [0.4, 0.5) is 0 Å². The molecule has 1 fully saturated rings. The van der Waals surface area contributed by atoms with Crippen LogP contribution in [-0.2, 0) is 0 Å². The maximum atomic E-state index is 6.31. The lowest BCUT2D eigenvalue weighted by molar-refractivity contribution is 0.0369. The summed E-state index contributed by atoms with van der Waals surface area (Å²) in [6, 6.07) is 9.27. The van der Waals surface area contributed by atoms with Gasteiger partial charge in [-0.2, -0.15) is 0 Å². The van der Waals surface area contributed by atoms with Crippen molar-refractivity contribution in [3.8, 4) is 0 Å². The molecule has 0 spiro atoms. The van der Waals surface area contributed by atoms with Crippen molar-refractivity contribution >= 4 is 0 Å². The van der Waals surface area contributed by atoms with Crippen LogP contribution in [0.3, 0.4) is 0 Å². The van der Waals surface area contributed by atoms with E-state index in [1.165, 1.54) is 11.1 Å². The summed E-state index contributed by atoms with van der Waals surface area (Å²) < 4.78 is 0. The minimum absolute atomic E-state index is 0.146. The second kappa shape index (κ2) is 6.47. The van der Waals surface area contributed by atoms with Crippen LogP contribution in [0.25, 0.3) is 0 Å². The van der Waals surface area contributed by atoms with Crippen molar-refractivity contribution < 1.29 is 0 Å². The standard InChI is InChI=1S/C18H31N3/c1-14-7-6-8-16(13-14)17(15(2)19)20-9-11-21(12-10-20)18(3,4)5/h6-8,13,15,17H,9-12,19H2,1-5H3. The van der Waals surface area contributed by atoms with Gasteiger partial charge in [0, 0.05) is 43.8 Å². The first-order valence-electron chi connectivity index (χ1n) is 8.10. The van der Waals surface area contributed by atoms with E-state index in [1.54, 1.807) is 0 Å². The Morgan fingerprint density at radius 1 is 1.10 bits per heavy atom. The van der Waals surface area contributed by atoms with Gasteiger partial charge in [0.05, 0.1) is 0 Å². The monoisotopic (exact) mass is 289 g/mol. The van der Waals surface area contributed by atoms with Crippen molar-refractivity contribution in [2.45, 2.75) is 52.2 Å². The summed E-state index contributed by atoms with van der Waals surface area (Å²) in [5.41, 5.74) is 9.25. The molecular weight excluding hydrogens is 258 g/mol. The molecule has 1 heterocycles. The van der Waals surface area contributed by atoms with E-state index in [9.17, 15) is 0 Å². The number of piperazine rings is 1. The average Bonchev–Trinajstić information content (AvgIpc) is 2.38. The first kappa shape index (κ1) is 16.5. The Morgan fingerprint density at radius 2 is 1.71 bits per heavy atom. The predicted octanol–water partition coefficient (Wildman–Crippen LogP) is 2.80. The Morgan fingerprint density at radius 3 is 2.19 bits per heavy atom. The Bertz CT molecular complexity index is 454. The van der Waals surface area contributed by atoms with Crippen molar-refractivity contribution in [2.75, 3.05) is 26.2 Å². The van der Waals surface area contributed by atoms with Gasteiger partial charge in [0.2, 0.25) is 0 Å². The smallest absolute Gasteiger partial charge is 0.0497 e. The molecule has 0 radical (unpaired) electrons. The van der Waals surface area contributed by atoms with E-state index in [-0.39, 0.29) is 11.6 Å². The van der Waals surface area contributed by atoms with E-state index >= 15 is 0 Å². The van der Waals surface area contributed by atoms with Gasteiger partial charge in [0.15, 0.2) is 0 Å². The van der Waals surface area contributed by atoms with Gasteiger partial charge in [0.25, 0.3) is 0 Å². The molecule has 0 saturated carbocycles. The van der Waals surface area contributed by atoms with Crippen molar-refractivity contribution in [2.24, 2.45) is 5.73 Å². The van der Waals surface area contributed by atoms with Crippen LogP contribution >= 0.6 is 0 Å². The molecule has 1 aliphatic heterocycles. The van der Waals surface area contributed by atoms with Crippen LogP contribution in [0.5, 0.6) is 0 Å². The minimum atomic E-state index is 0.146. The Balaban J connectivity index is 2.11. The molecule has 0 bridgehead atoms. The quantitative estimate of drug-likeness (QED) is 0.929. The maximum Gasteiger partial charge on any atom is 0.0497 e. The number of hydrogen-bond acceptors (Lipinski definition) is 3. The number of rotatable bonds is 3. The molecule has 1 aromatic rings. The normalized spacial score (nSPS) is 21.2. The molecular formula is C18H31N3. The van der Waals surface area contributed by atoms with Gasteiger partial charge in [-0.15, -0.1) is 0 Å². The van der Waals surface area contributed by atoms with E-state index < -0.39 is 0 Å². The fraction of sp³-hybridized carbons (Fsp3) is 0.667. The zero-order chi connectivity index (χ0) is 15.6. The highest BCUT2D eigenvalue weighted by molar-refractivity contribution is 5.26. The van der Waals surface area contributed by atoms with Gasteiger partial charge in [-0.3, -0.25) is 9.80 Å². The topological polar surface area (TPSA) is 32.5 Å². The molecule has 3 nitrogen and oxygen atoms in total. The highest BCUT2D eigenvalue weighted by atomic mass is 15.3. The lowest BCUT2D eigenvalue weighted by atomic mass is 9.96. The molecule has 2 rings (SSSR count). The summed E-state index contributed by atoms with van der Waals surface area (Å²) in [4.78, 5) is 5.12. The molecule has 0 amide bonds. The molecule has 2 N–H and O–H groups in total. The molecule has 1 aromatic carbocycles. The second-order valence-corrected chi connectivity index (χ2v) is 7.41. The molecule has 3 heteroatoms. The lowest BCUT2D eigenvalue weighted by Gasteiger charge is -2.45. The highest BCUT2D eigenvalue weighted by Crippen LogP contribution is 2.27. The van der Waals surface area contributed by atoms with Crippen molar-refractivity contribution in [1.29, 1.82) is 0 Å². The molecule has 1 aliphatic rings. The molecule has 0 aromatic heterocycles. The second-order valence-electron chi connectivity index (χ2n) is 7.41. The third kappa shape index (κ3) is 4.06. The van der Waals surface area contributed by atoms with Gasteiger partial charge < -0.3 is 5.73 Å². The van der Waals surface area contributed by atoms with Gasteiger partial charge in [-0.1, -0.05) is 29.8 Å².